The van der Waals surface area contributed by atoms with Crippen molar-refractivity contribution in [1.82, 2.24) is 4.90 Å². The Morgan fingerprint density at radius 3 is 2.54 bits per heavy atom. The summed E-state index contributed by atoms with van der Waals surface area (Å²) in [5.41, 5.74) is 8.01. The molecule has 0 aromatic heterocycles. The van der Waals surface area contributed by atoms with Crippen LogP contribution < -0.4 is 5.73 Å². The fourth-order valence-corrected chi connectivity index (χ4v) is 1.75. The van der Waals surface area contributed by atoms with Crippen LogP contribution in [-0.2, 0) is 6.54 Å². The van der Waals surface area contributed by atoms with Gasteiger partial charge in [-0.1, -0.05) is 6.07 Å². The first-order valence-corrected chi connectivity index (χ1v) is 5.43. The van der Waals surface area contributed by atoms with Crippen LogP contribution >= 0.6 is 11.8 Å². The number of thioether (sulfide) groups is 1. The maximum absolute atomic E-state index is 5.87. The number of hydrogen-bond donors (Lipinski definition) is 1. The van der Waals surface area contributed by atoms with Gasteiger partial charge < -0.3 is 10.6 Å². The van der Waals surface area contributed by atoms with Gasteiger partial charge in [0, 0.05) is 17.1 Å². The van der Waals surface area contributed by atoms with Gasteiger partial charge in [-0.25, -0.2) is 0 Å². The zero-order valence-corrected chi connectivity index (χ0v) is 9.19. The Hall–Kier alpha value is -0.670. The van der Waals surface area contributed by atoms with Gasteiger partial charge in [0.05, 0.1) is 0 Å². The largest absolute Gasteiger partial charge is 0.398 e. The monoisotopic (exact) mass is 196 g/mol. The van der Waals surface area contributed by atoms with Crippen LogP contribution in [-0.4, -0.2) is 25.3 Å². The predicted molar refractivity (Wildman–Crippen MR) is 60.0 cm³/mol. The van der Waals surface area contributed by atoms with Crippen LogP contribution in [0.1, 0.15) is 5.56 Å². The predicted octanol–water partition coefficient (Wildman–Crippen LogP) is 2.05. The summed E-state index contributed by atoms with van der Waals surface area (Å²) in [5.74, 6) is 0. The van der Waals surface area contributed by atoms with E-state index in [-0.39, 0.29) is 0 Å². The molecule has 2 nitrogen and oxygen atoms in total. The van der Waals surface area contributed by atoms with Gasteiger partial charge in [0.15, 0.2) is 0 Å². The molecule has 0 unspecified atom stereocenters. The van der Waals surface area contributed by atoms with E-state index < -0.39 is 0 Å². The summed E-state index contributed by atoms with van der Waals surface area (Å²) in [6.07, 6.45) is 2.04. The average Bonchev–Trinajstić information content (AvgIpc) is 2.03. The van der Waals surface area contributed by atoms with E-state index in [0.717, 1.165) is 17.1 Å². The molecule has 0 saturated heterocycles. The smallest absolute Gasteiger partial charge is 0.0455 e. The lowest BCUT2D eigenvalue weighted by molar-refractivity contribution is 0.402. The molecule has 0 aliphatic rings. The molecule has 72 valence electrons. The third-order valence-electron chi connectivity index (χ3n) is 1.79. The lowest BCUT2D eigenvalue weighted by Gasteiger charge is -2.11. The van der Waals surface area contributed by atoms with Crippen molar-refractivity contribution >= 4 is 17.4 Å². The molecule has 0 heterocycles. The summed E-state index contributed by atoms with van der Waals surface area (Å²) < 4.78 is 0. The van der Waals surface area contributed by atoms with Crippen LogP contribution in [0.4, 0.5) is 5.69 Å². The molecule has 0 aliphatic heterocycles. The highest BCUT2D eigenvalue weighted by Crippen LogP contribution is 2.23. The number of benzene rings is 1. The van der Waals surface area contributed by atoms with Crippen LogP contribution in [0.15, 0.2) is 23.1 Å². The maximum Gasteiger partial charge on any atom is 0.0455 e. The van der Waals surface area contributed by atoms with Crippen molar-refractivity contribution in [2.24, 2.45) is 0 Å². The van der Waals surface area contributed by atoms with E-state index in [1.807, 2.05) is 12.3 Å². The summed E-state index contributed by atoms with van der Waals surface area (Å²) in [5, 5.41) is 0. The fraction of sp³-hybridized carbons (Fsp3) is 0.400. The van der Waals surface area contributed by atoms with Crippen molar-refractivity contribution in [2.75, 3.05) is 26.1 Å². The topological polar surface area (TPSA) is 29.3 Å². The van der Waals surface area contributed by atoms with E-state index >= 15 is 0 Å². The molecule has 0 fully saturated rings. The first kappa shape index (κ1) is 10.4. The van der Waals surface area contributed by atoms with Crippen molar-refractivity contribution < 1.29 is 0 Å². The molecule has 1 aromatic carbocycles. The second-order valence-electron chi connectivity index (χ2n) is 3.31. The number of nitrogens with zero attached hydrogens (tertiary/aromatic N) is 1. The summed E-state index contributed by atoms with van der Waals surface area (Å²) in [6, 6.07) is 6.26. The van der Waals surface area contributed by atoms with E-state index in [9.17, 15) is 0 Å². The van der Waals surface area contributed by atoms with Crippen molar-refractivity contribution in [3.05, 3.63) is 23.8 Å². The number of nitrogen functional groups attached to an aromatic ring is 1. The molecule has 0 aliphatic carbocycles. The van der Waals surface area contributed by atoms with Crippen LogP contribution in [0, 0.1) is 0 Å². The Balaban J connectivity index is 2.83. The first-order valence-electron chi connectivity index (χ1n) is 4.20. The highest BCUT2D eigenvalue weighted by atomic mass is 32.2. The SMILES string of the molecule is CSc1ccc(CN(C)C)cc1N. The molecule has 0 amide bonds. The minimum absolute atomic E-state index is 0.881. The Morgan fingerprint density at radius 1 is 1.38 bits per heavy atom. The van der Waals surface area contributed by atoms with Crippen molar-refractivity contribution in [2.45, 2.75) is 11.4 Å². The second-order valence-corrected chi connectivity index (χ2v) is 4.16. The Labute approximate surface area is 84.1 Å². The molecule has 0 saturated carbocycles. The first-order chi connectivity index (χ1) is 6.13. The van der Waals surface area contributed by atoms with Crippen LogP contribution in [0.25, 0.3) is 0 Å². The van der Waals surface area contributed by atoms with E-state index in [2.05, 4.69) is 31.1 Å². The standard InChI is InChI=1S/C10H16N2S/c1-12(2)7-8-4-5-10(13-3)9(11)6-8/h4-6H,7,11H2,1-3H3. The Bertz CT molecular complexity index is 284. The normalized spacial score (nSPS) is 10.8. The fourth-order valence-electron chi connectivity index (χ4n) is 1.25. The summed E-state index contributed by atoms with van der Waals surface area (Å²) >= 11 is 1.68. The number of hydrogen-bond acceptors (Lipinski definition) is 3. The molecular weight excluding hydrogens is 180 g/mol. The van der Waals surface area contributed by atoms with Gasteiger partial charge >= 0.3 is 0 Å². The molecule has 0 bridgehead atoms. The number of rotatable bonds is 3. The average molecular weight is 196 g/mol. The van der Waals surface area contributed by atoms with E-state index in [1.54, 1.807) is 11.8 Å². The highest BCUT2D eigenvalue weighted by Gasteiger charge is 2.00. The molecule has 1 rings (SSSR count). The molecule has 3 heteroatoms. The summed E-state index contributed by atoms with van der Waals surface area (Å²) in [7, 11) is 4.11. The molecule has 0 atom stereocenters. The summed E-state index contributed by atoms with van der Waals surface area (Å²) in [6.45, 7) is 0.943. The van der Waals surface area contributed by atoms with Gasteiger partial charge in [-0.3, -0.25) is 0 Å². The Morgan fingerprint density at radius 2 is 2.08 bits per heavy atom. The van der Waals surface area contributed by atoms with E-state index in [0.29, 0.717) is 0 Å². The molecule has 0 radical (unpaired) electrons. The molecule has 2 N–H and O–H groups in total. The maximum atomic E-state index is 5.87. The molecule has 1 aromatic rings. The van der Waals surface area contributed by atoms with Gasteiger partial charge in [-0.05, 0) is 38.0 Å². The quantitative estimate of drug-likeness (QED) is 0.592. The molecule has 0 spiro atoms. The Kier molecular flexibility index (Phi) is 3.63. The van der Waals surface area contributed by atoms with Crippen molar-refractivity contribution in [3.63, 3.8) is 0 Å². The minimum atomic E-state index is 0.881. The lowest BCUT2D eigenvalue weighted by Crippen LogP contribution is -2.10. The van der Waals surface area contributed by atoms with Crippen molar-refractivity contribution in [3.8, 4) is 0 Å². The van der Waals surface area contributed by atoms with E-state index in [1.165, 1.54) is 5.56 Å². The third kappa shape index (κ3) is 2.94. The van der Waals surface area contributed by atoms with Gasteiger partial charge in [0.2, 0.25) is 0 Å². The van der Waals surface area contributed by atoms with Gasteiger partial charge in [0.25, 0.3) is 0 Å². The van der Waals surface area contributed by atoms with Crippen LogP contribution in [0.5, 0.6) is 0 Å². The minimum Gasteiger partial charge on any atom is -0.398 e. The lowest BCUT2D eigenvalue weighted by atomic mass is 10.2. The highest BCUT2D eigenvalue weighted by molar-refractivity contribution is 7.98. The van der Waals surface area contributed by atoms with E-state index in [4.69, 9.17) is 5.73 Å². The van der Waals surface area contributed by atoms with Crippen LogP contribution in [0.2, 0.25) is 0 Å². The van der Waals surface area contributed by atoms with Crippen LogP contribution in [0.3, 0.4) is 0 Å². The second kappa shape index (κ2) is 4.53. The van der Waals surface area contributed by atoms with Crippen molar-refractivity contribution in [1.29, 1.82) is 0 Å². The van der Waals surface area contributed by atoms with Gasteiger partial charge in [-0.15, -0.1) is 11.8 Å². The summed E-state index contributed by atoms with van der Waals surface area (Å²) in [4.78, 5) is 3.29. The number of anilines is 1. The zero-order chi connectivity index (χ0) is 9.84. The zero-order valence-electron chi connectivity index (χ0n) is 8.37. The van der Waals surface area contributed by atoms with Gasteiger partial charge in [0.1, 0.15) is 0 Å². The third-order valence-corrected chi connectivity index (χ3v) is 2.60. The molecular formula is C10H16N2S. The molecule has 13 heavy (non-hydrogen) atoms. The van der Waals surface area contributed by atoms with Gasteiger partial charge in [-0.2, -0.15) is 0 Å². The number of nitrogens with two attached hydrogens (primary N) is 1.